The maximum atomic E-state index is 11.7. The summed E-state index contributed by atoms with van der Waals surface area (Å²) in [6.07, 6.45) is 5.13. The number of rotatable bonds is 6. The highest BCUT2D eigenvalue weighted by molar-refractivity contribution is 7.07. The Balaban J connectivity index is 1.54. The van der Waals surface area contributed by atoms with E-state index in [0.29, 0.717) is 6.42 Å². The van der Waals surface area contributed by atoms with Crippen molar-refractivity contribution < 1.29 is 4.79 Å². The largest absolute Gasteiger partial charge is 0.356 e. The zero-order chi connectivity index (χ0) is 12.6. The summed E-state index contributed by atoms with van der Waals surface area (Å²) in [5, 5.41) is 10.6. The van der Waals surface area contributed by atoms with Crippen molar-refractivity contribution in [3.63, 3.8) is 0 Å². The highest BCUT2D eigenvalue weighted by Gasteiger charge is 2.14. The van der Waals surface area contributed by atoms with Crippen LogP contribution in [0.5, 0.6) is 0 Å². The van der Waals surface area contributed by atoms with Gasteiger partial charge in [-0.2, -0.15) is 11.3 Å². The zero-order valence-corrected chi connectivity index (χ0v) is 11.6. The van der Waals surface area contributed by atoms with Crippen molar-refractivity contribution in [3.8, 4) is 0 Å². The molecule has 1 aliphatic heterocycles. The van der Waals surface area contributed by atoms with E-state index in [1.165, 1.54) is 18.4 Å². The number of amides is 1. The molecule has 1 aromatic rings. The Hall–Kier alpha value is -0.870. The molecule has 0 bridgehead atoms. The lowest BCUT2D eigenvalue weighted by Gasteiger charge is -2.22. The number of carbonyl (C=O) groups is 1. The number of thiophene rings is 1. The fraction of sp³-hybridized carbons (Fsp3) is 0.643. The predicted molar refractivity (Wildman–Crippen MR) is 75.9 cm³/mol. The second-order valence-corrected chi connectivity index (χ2v) is 5.74. The molecule has 0 aromatic carbocycles. The molecule has 0 radical (unpaired) electrons. The van der Waals surface area contributed by atoms with E-state index in [-0.39, 0.29) is 5.91 Å². The lowest BCUT2D eigenvalue weighted by atomic mass is 9.93. The third-order valence-electron chi connectivity index (χ3n) is 3.55. The molecule has 1 aliphatic rings. The summed E-state index contributed by atoms with van der Waals surface area (Å²) in [6, 6.07) is 2.12. The summed E-state index contributed by atoms with van der Waals surface area (Å²) in [6.45, 7) is 3.00. The normalized spacial score (nSPS) is 16.7. The summed E-state index contributed by atoms with van der Waals surface area (Å²) < 4.78 is 0. The van der Waals surface area contributed by atoms with Gasteiger partial charge in [-0.15, -0.1) is 0 Å². The van der Waals surface area contributed by atoms with Crippen LogP contribution in [0, 0.1) is 5.92 Å². The van der Waals surface area contributed by atoms with Crippen LogP contribution >= 0.6 is 11.3 Å². The summed E-state index contributed by atoms with van der Waals surface area (Å²) >= 11 is 1.71. The van der Waals surface area contributed by atoms with Crippen molar-refractivity contribution in [2.75, 3.05) is 19.6 Å². The first kappa shape index (κ1) is 13.6. The molecule has 1 aromatic heterocycles. The van der Waals surface area contributed by atoms with Crippen LogP contribution in [0.4, 0.5) is 0 Å². The molecule has 0 atom stereocenters. The molecule has 1 fully saturated rings. The van der Waals surface area contributed by atoms with Gasteiger partial charge in [-0.3, -0.25) is 4.79 Å². The van der Waals surface area contributed by atoms with Crippen LogP contribution in [0.15, 0.2) is 16.8 Å². The van der Waals surface area contributed by atoms with Gasteiger partial charge < -0.3 is 10.6 Å². The van der Waals surface area contributed by atoms with Gasteiger partial charge in [0, 0.05) is 13.0 Å². The van der Waals surface area contributed by atoms with Gasteiger partial charge in [-0.05, 0) is 67.1 Å². The van der Waals surface area contributed by atoms with Gasteiger partial charge in [-0.1, -0.05) is 0 Å². The maximum absolute atomic E-state index is 11.7. The highest BCUT2D eigenvalue weighted by Crippen LogP contribution is 2.17. The molecular formula is C14H22N2OS. The maximum Gasteiger partial charge on any atom is 0.220 e. The average molecular weight is 266 g/mol. The minimum Gasteiger partial charge on any atom is -0.356 e. The van der Waals surface area contributed by atoms with E-state index >= 15 is 0 Å². The van der Waals surface area contributed by atoms with Crippen LogP contribution in [-0.4, -0.2) is 25.5 Å². The predicted octanol–water partition coefficient (Wildman–Crippen LogP) is 2.19. The van der Waals surface area contributed by atoms with Crippen molar-refractivity contribution >= 4 is 17.2 Å². The van der Waals surface area contributed by atoms with Crippen LogP contribution < -0.4 is 10.6 Å². The van der Waals surface area contributed by atoms with E-state index in [2.05, 4.69) is 27.5 Å². The van der Waals surface area contributed by atoms with Crippen molar-refractivity contribution in [1.82, 2.24) is 10.6 Å². The summed E-state index contributed by atoms with van der Waals surface area (Å²) in [7, 11) is 0. The lowest BCUT2D eigenvalue weighted by Crippen LogP contribution is -2.30. The third kappa shape index (κ3) is 4.78. The molecule has 0 aliphatic carbocycles. The molecule has 2 heterocycles. The third-order valence-corrected chi connectivity index (χ3v) is 4.29. The standard InChI is InChI=1S/C14H22N2OS/c17-14(2-1-12-3-7-15-8-4-12)16-9-5-13-6-10-18-11-13/h6,10-12,15H,1-5,7-9H2,(H,16,17). The topological polar surface area (TPSA) is 41.1 Å². The first-order chi connectivity index (χ1) is 8.84. The van der Waals surface area contributed by atoms with E-state index < -0.39 is 0 Å². The van der Waals surface area contributed by atoms with Gasteiger partial charge in [0.15, 0.2) is 0 Å². The van der Waals surface area contributed by atoms with Crippen LogP contribution in [0.2, 0.25) is 0 Å². The highest BCUT2D eigenvalue weighted by atomic mass is 32.1. The van der Waals surface area contributed by atoms with Gasteiger partial charge in [0.2, 0.25) is 5.91 Å². The Bertz CT molecular complexity index is 345. The quantitative estimate of drug-likeness (QED) is 0.828. The Kier molecular flexibility index (Phi) is 5.68. The molecule has 100 valence electrons. The number of hydrogen-bond donors (Lipinski definition) is 2. The second-order valence-electron chi connectivity index (χ2n) is 4.96. The minimum absolute atomic E-state index is 0.212. The number of piperidine rings is 1. The molecule has 4 heteroatoms. The van der Waals surface area contributed by atoms with E-state index in [1.807, 2.05) is 0 Å². The Morgan fingerprint density at radius 3 is 3.00 bits per heavy atom. The molecule has 1 amide bonds. The molecule has 2 rings (SSSR count). The van der Waals surface area contributed by atoms with Crippen LogP contribution in [0.3, 0.4) is 0 Å². The first-order valence-electron chi connectivity index (χ1n) is 6.83. The molecule has 18 heavy (non-hydrogen) atoms. The van der Waals surface area contributed by atoms with Crippen LogP contribution in [-0.2, 0) is 11.2 Å². The van der Waals surface area contributed by atoms with Crippen molar-refractivity contribution in [2.24, 2.45) is 5.92 Å². The van der Waals surface area contributed by atoms with Crippen LogP contribution in [0.25, 0.3) is 0 Å². The fourth-order valence-electron chi connectivity index (χ4n) is 2.38. The Morgan fingerprint density at radius 1 is 1.44 bits per heavy atom. The van der Waals surface area contributed by atoms with E-state index in [4.69, 9.17) is 0 Å². The van der Waals surface area contributed by atoms with Crippen molar-refractivity contribution in [2.45, 2.75) is 32.1 Å². The smallest absolute Gasteiger partial charge is 0.220 e. The molecule has 1 saturated heterocycles. The average Bonchev–Trinajstić information content (AvgIpc) is 2.91. The lowest BCUT2D eigenvalue weighted by molar-refractivity contribution is -0.121. The summed E-state index contributed by atoms with van der Waals surface area (Å²) in [5.74, 6) is 0.956. The molecular weight excluding hydrogens is 244 g/mol. The van der Waals surface area contributed by atoms with E-state index in [1.54, 1.807) is 11.3 Å². The molecule has 3 nitrogen and oxygen atoms in total. The summed E-state index contributed by atoms with van der Waals surface area (Å²) in [4.78, 5) is 11.7. The first-order valence-corrected chi connectivity index (χ1v) is 7.77. The van der Waals surface area contributed by atoms with Gasteiger partial charge in [0.25, 0.3) is 0 Å². The number of carbonyl (C=O) groups excluding carboxylic acids is 1. The van der Waals surface area contributed by atoms with Gasteiger partial charge >= 0.3 is 0 Å². The zero-order valence-electron chi connectivity index (χ0n) is 10.8. The number of nitrogens with one attached hydrogen (secondary N) is 2. The molecule has 0 spiro atoms. The van der Waals surface area contributed by atoms with Gasteiger partial charge in [0.1, 0.15) is 0 Å². The van der Waals surface area contributed by atoms with Crippen molar-refractivity contribution in [1.29, 1.82) is 0 Å². The van der Waals surface area contributed by atoms with E-state index in [9.17, 15) is 4.79 Å². The SMILES string of the molecule is O=C(CCC1CCNCC1)NCCc1ccsc1. The van der Waals surface area contributed by atoms with E-state index in [0.717, 1.165) is 38.4 Å². The summed E-state index contributed by atoms with van der Waals surface area (Å²) in [5.41, 5.74) is 1.32. The van der Waals surface area contributed by atoms with Crippen molar-refractivity contribution in [3.05, 3.63) is 22.4 Å². The molecule has 0 unspecified atom stereocenters. The Morgan fingerprint density at radius 2 is 2.28 bits per heavy atom. The molecule has 2 N–H and O–H groups in total. The Labute approximate surface area is 113 Å². The molecule has 0 saturated carbocycles. The van der Waals surface area contributed by atoms with Gasteiger partial charge in [-0.25, -0.2) is 0 Å². The fourth-order valence-corrected chi connectivity index (χ4v) is 3.08. The second kappa shape index (κ2) is 7.54. The minimum atomic E-state index is 0.212. The van der Waals surface area contributed by atoms with Crippen LogP contribution in [0.1, 0.15) is 31.2 Å². The number of hydrogen-bond acceptors (Lipinski definition) is 3. The monoisotopic (exact) mass is 266 g/mol. The van der Waals surface area contributed by atoms with Gasteiger partial charge in [0.05, 0.1) is 0 Å².